The third kappa shape index (κ3) is 4.49. The van der Waals surface area contributed by atoms with Gasteiger partial charge in [0.2, 0.25) is 0 Å². The van der Waals surface area contributed by atoms with Crippen LogP contribution < -0.4 is 14.8 Å². The molecule has 0 aromatic heterocycles. The Hall–Kier alpha value is -2.49. The molecule has 2 aromatic carbocycles. The van der Waals surface area contributed by atoms with E-state index in [-0.39, 0.29) is 5.91 Å². The van der Waals surface area contributed by atoms with E-state index in [1.807, 2.05) is 12.1 Å². The first-order valence-corrected chi connectivity index (χ1v) is 7.80. The molecule has 0 saturated carbocycles. The van der Waals surface area contributed by atoms with E-state index in [0.717, 1.165) is 12.1 Å². The van der Waals surface area contributed by atoms with Gasteiger partial charge in [-0.05, 0) is 42.7 Å². The lowest BCUT2D eigenvalue weighted by Crippen LogP contribution is -2.13. The molecule has 0 bridgehead atoms. The minimum Gasteiger partial charge on any atom is -0.497 e. The van der Waals surface area contributed by atoms with Crippen molar-refractivity contribution in [1.82, 2.24) is 0 Å². The number of ether oxygens (including phenoxy) is 2. The first-order chi connectivity index (χ1) is 11.2. The zero-order chi connectivity index (χ0) is 16.7. The van der Waals surface area contributed by atoms with Gasteiger partial charge >= 0.3 is 0 Å². The summed E-state index contributed by atoms with van der Waals surface area (Å²) in [5, 5.41) is 2.89. The maximum absolute atomic E-state index is 12.4. The van der Waals surface area contributed by atoms with Crippen LogP contribution in [0, 0.1) is 0 Å². The van der Waals surface area contributed by atoms with Gasteiger partial charge in [0.15, 0.2) is 0 Å². The number of carbonyl (C=O) groups is 1. The number of methoxy groups -OCH3 is 2. The molecule has 0 fully saturated rings. The minimum absolute atomic E-state index is 0.203. The Morgan fingerprint density at radius 1 is 1.04 bits per heavy atom. The van der Waals surface area contributed by atoms with Crippen molar-refractivity contribution >= 4 is 11.6 Å². The number of benzene rings is 2. The number of hydrogen-bond donors (Lipinski definition) is 1. The molecule has 0 spiro atoms. The Labute approximate surface area is 137 Å². The summed E-state index contributed by atoms with van der Waals surface area (Å²) in [5.74, 6) is 0.936. The smallest absolute Gasteiger partial charge is 0.259 e. The van der Waals surface area contributed by atoms with Gasteiger partial charge in [0.05, 0.1) is 19.8 Å². The maximum atomic E-state index is 12.4. The topological polar surface area (TPSA) is 47.6 Å². The molecular formula is C19H23NO3. The van der Waals surface area contributed by atoms with Crippen molar-refractivity contribution in [1.29, 1.82) is 0 Å². The summed E-state index contributed by atoms with van der Waals surface area (Å²) < 4.78 is 10.4. The molecule has 23 heavy (non-hydrogen) atoms. The fraction of sp³-hybridized carbons (Fsp3) is 0.316. The van der Waals surface area contributed by atoms with Crippen LogP contribution in [0.25, 0.3) is 0 Å². The second-order valence-corrected chi connectivity index (χ2v) is 5.32. The highest BCUT2D eigenvalue weighted by Crippen LogP contribution is 2.25. The second-order valence-electron chi connectivity index (χ2n) is 5.32. The molecule has 122 valence electrons. The van der Waals surface area contributed by atoms with Crippen LogP contribution >= 0.6 is 0 Å². The van der Waals surface area contributed by atoms with Crippen molar-refractivity contribution in [2.24, 2.45) is 0 Å². The summed E-state index contributed by atoms with van der Waals surface area (Å²) in [6.07, 6.45) is 3.42. The molecule has 2 aromatic rings. The van der Waals surface area contributed by atoms with Gasteiger partial charge in [0.1, 0.15) is 11.5 Å². The normalized spacial score (nSPS) is 10.2. The average molecular weight is 313 g/mol. The molecule has 0 saturated heterocycles. The molecule has 0 unspecified atom stereocenters. The summed E-state index contributed by atoms with van der Waals surface area (Å²) in [6.45, 7) is 2.18. The van der Waals surface area contributed by atoms with E-state index in [1.165, 1.54) is 25.5 Å². The fourth-order valence-corrected chi connectivity index (χ4v) is 2.32. The van der Waals surface area contributed by atoms with Crippen molar-refractivity contribution in [2.75, 3.05) is 19.5 Å². The highest BCUT2D eigenvalue weighted by molar-refractivity contribution is 6.06. The molecule has 1 N–H and O–H groups in total. The fourth-order valence-electron chi connectivity index (χ4n) is 2.32. The molecule has 0 heterocycles. The third-order valence-corrected chi connectivity index (χ3v) is 3.68. The van der Waals surface area contributed by atoms with Crippen molar-refractivity contribution in [3.63, 3.8) is 0 Å². The number of anilines is 1. The lowest BCUT2D eigenvalue weighted by atomic mass is 10.1. The van der Waals surface area contributed by atoms with E-state index in [9.17, 15) is 4.79 Å². The van der Waals surface area contributed by atoms with Crippen LogP contribution in [0.4, 0.5) is 5.69 Å². The Balaban J connectivity index is 2.09. The quantitative estimate of drug-likeness (QED) is 0.829. The second kappa shape index (κ2) is 8.22. The molecule has 0 aliphatic heterocycles. The van der Waals surface area contributed by atoms with Gasteiger partial charge in [-0.15, -0.1) is 0 Å². The van der Waals surface area contributed by atoms with Crippen molar-refractivity contribution in [2.45, 2.75) is 26.2 Å². The van der Waals surface area contributed by atoms with Crippen molar-refractivity contribution in [3.05, 3.63) is 53.6 Å². The van der Waals surface area contributed by atoms with Gasteiger partial charge in [-0.3, -0.25) is 4.79 Å². The Kier molecular flexibility index (Phi) is 6.03. The summed E-state index contributed by atoms with van der Waals surface area (Å²) >= 11 is 0. The summed E-state index contributed by atoms with van der Waals surface area (Å²) in [7, 11) is 3.11. The van der Waals surface area contributed by atoms with E-state index < -0.39 is 0 Å². The van der Waals surface area contributed by atoms with E-state index >= 15 is 0 Å². The summed E-state index contributed by atoms with van der Waals surface area (Å²) in [4.78, 5) is 12.4. The Morgan fingerprint density at radius 2 is 1.78 bits per heavy atom. The van der Waals surface area contributed by atoms with Crippen LogP contribution in [0.3, 0.4) is 0 Å². The highest BCUT2D eigenvalue weighted by Gasteiger charge is 2.13. The first-order valence-electron chi connectivity index (χ1n) is 7.80. The van der Waals surface area contributed by atoms with Gasteiger partial charge < -0.3 is 14.8 Å². The Morgan fingerprint density at radius 3 is 2.39 bits per heavy atom. The minimum atomic E-state index is -0.203. The number of rotatable bonds is 7. The number of carbonyl (C=O) groups excluding carboxylic acids is 1. The number of aryl methyl sites for hydroxylation is 1. The number of hydrogen-bond acceptors (Lipinski definition) is 3. The van der Waals surface area contributed by atoms with Crippen LogP contribution in [0.15, 0.2) is 42.5 Å². The maximum Gasteiger partial charge on any atom is 0.259 e. The molecule has 0 atom stereocenters. The van der Waals surface area contributed by atoms with Gasteiger partial charge in [0, 0.05) is 11.8 Å². The molecule has 1 amide bonds. The molecule has 0 aliphatic rings. The van der Waals surface area contributed by atoms with E-state index in [1.54, 1.807) is 25.3 Å². The molecular weight excluding hydrogens is 290 g/mol. The van der Waals surface area contributed by atoms with Gasteiger partial charge in [-0.25, -0.2) is 0 Å². The SMILES string of the molecule is CCCCc1ccc(NC(=O)c2ccc(OC)cc2OC)cc1. The van der Waals surface area contributed by atoms with Crippen molar-refractivity contribution in [3.8, 4) is 11.5 Å². The molecule has 0 aliphatic carbocycles. The lowest BCUT2D eigenvalue weighted by molar-refractivity contribution is 0.102. The first kappa shape index (κ1) is 16.9. The van der Waals surface area contributed by atoms with Crippen LogP contribution in [-0.2, 0) is 6.42 Å². The number of unbranched alkanes of at least 4 members (excludes halogenated alkanes) is 1. The largest absolute Gasteiger partial charge is 0.497 e. The molecule has 4 heteroatoms. The average Bonchev–Trinajstić information content (AvgIpc) is 2.60. The van der Waals surface area contributed by atoms with E-state index in [2.05, 4.69) is 24.4 Å². The monoisotopic (exact) mass is 313 g/mol. The zero-order valence-corrected chi connectivity index (χ0v) is 13.9. The Bertz CT molecular complexity index is 650. The lowest BCUT2D eigenvalue weighted by Gasteiger charge is -2.11. The predicted molar refractivity (Wildman–Crippen MR) is 92.6 cm³/mol. The third-order valence-electron chi connectivity index (χ3n) is 3.68. The van der Waals surface area contributed by atoms with Crippen LogP contribution in [-0.4, -0.2) is 20.1 Å². The number of amides is 1. The summed E-state index contributed by atoms with van der Waals surface area (Å²) in [5.41, 5.74) is 2.53. The van der Waals surface area contributed by atoms with Crippen LogP contribution in [0.1, 0.15) is 35.7 Å². The van der Waals surface area contributed by atoms with E-state index in [0.29, 0.717) is 17.1 Å². The van der Waals surface area contributed by atoms with Gasteiger partial charge in [-0.1, -0.05) is 25.5 Å². The molecule has 2 rings (SSSR count). The molecule has 4 nitrogen and oxygen atoms in total. The predicted octanol–water partition coefficient (Wildman–Crippen LogP) is 4.30. The van der Waals surface area contributed by atoms with Crippen molar-refractivity contribution < 1.29 is 14.3 Å². The summed E-state index contributed by atoms with van der Waals surface area (Å²) in [6, 6.07) is 13.1. The van der Waals surface area contributed by atoms with Gasteiger partial charge in [0.25, 0.3) is 5.91 Å². The van der Waals surface area contributed by atoms with Crippen LogP contribution in [0.5, 0.6) is 11.5 Å². The van der Waals surface area contributed by atoms with Gasteiger partial charge in [-0.2, -0.15) is 0 Å². The van der Waals surface area contributed by atoms with Crippen LogP contribution in [0.2, 0.25) is 0 Å². The molecule has 0 radical (unpaired) electrons. The highest BCUT2D eigenvalue weighted by atomic mass is 16.5. The zero-order valence-electron chi connectivity index (χ0n) is 13.9. The standard InChI is InChI=1S/C19H23NO3/c1-4-5-6-14-7-9-15(10-8-14)20-19(21)17-12-11-16(22-2)13-18(17)23-3/h7-13H,4-6H2,1-3H3,(H,20,21). The van der Waals surface area contributed by atoms with E-state index in [4.69, 9.17) is 9.47 Å². The number of nitrogens with one attached hydrogen (secondary N) is 1.